The molecule has 2 N–H and O–H groups in total. The lowest BCUT2D eigenvalue weighted by atomic mass is 10.3. The predicted octanol–water partition coefficient (Wildman–Crippen LogP) is 4.28. The van der Waals surface area contributed by atoms with Crippen LogP contribution >= 0.6 is 27.7 Å². The van der Waals surface area contributed by atoms with Crippen LogP contribution in [-0.2, 0) is 0 Å². The fourth-order valence-corrected chi connectivity index (χ4v) is 2.20. The number of halogens is 2. The highest BCUT2D eigenvalue weighted by Gasteiger charge is 2.06. The first-order chi connectivity index (χ1) is 9.62. The van der Waals surface area contributed by atoms with Gasteiger partial charge in [-0.05, 0) is 47.3 Å². The van der Waals surface area contributed by atoms with Gasteiger partial charge in [0.25, 0.3) is 0 Å². The van der Waals surface area contributed by atoms with Crippen LogP contribution in [0.5, 0.6) is 0 Å². The van der Waals surface area contributed by atoms with E-state index in [2.05, 4.69) is 36.5 Å². The Morgan fingerprint density at radius 2 is 2.00 bits per heavy atom. The molecule has 0 spiro atoms. The monoisotopic (exact) mass is 356 g/mol. The lowest BCUT2D eigenvalue weighted by Gasteiger charge is -2.10. The van der Waals surface area contributed by atoms with E-state index in [0.717, 1.165) is 12.4 Å². The summed E-state index contributed by atoms with van der Waals surface area (Å²) in [6.07, 6.45) is 1.91. The van der Waals surface area contributed by atoms with Crippen LogP contribution in [0.4, 0.5) is 21.7 Å². The van der Waals surface area contributed by atoms with E-state index in [9.17, 15) is 4.39 Å². The SMILES string of the molecule is CCNc1cc(Nc2ccc(Br)c(F)c2)nc(SC)n1. The lowest BCUT2D eigenvalue weighted by Crippen LogP contribution is -2.03. The Kier molecular flexibility index (Phi) is 5.19. The van der Waals surface area contributed by atoms with E-state index in [1.807, 2.05) is 13.2 Å². The number of aromatic nitrogens is 2. The molecule has 0 atom stereocenters. The summed E-state index contributed by atoms with van der Waals surface area (Å²) in [7, 11) is 0. The Bertz CT molecular complexity index is 609. The minimum absolute atomic E-state index is 0.318. The minimum atomic E-state index is -0.318. The average Bonchev–Trinajstić information content (AvgIpc) is 2.43. The molecule has 0 saturated heterocycles. The number of rotatable bonds is 5. The van der Waals surface area contributed by atoms with Crippen LogP contribution in [0.15, 0.2) is 33.9 Å². The number of nitrogens with zero attached hydrogens (tertiary/aromatic N) is 2. The maximum atomic E-state index is 13.5. The van der Waals surface area contributed by atoms with Gasteiger partial charge in [-0.2, -0.15) is 0 Å². The van der Waals surface area contributed by atoms with Gasteiger partial charge in [0.1, 0.15) is 17.5 Å². The molecule has 0 amide bonds. The molecule has 0 aliphatic rings. The van der Waals surface area contributed by atoms with Crippen molar-refractivity contribution in [2.75, 3.05) is 23.4 Å². The van der Waals surface area contributed by atoms with Gasteiger partial charge in [-0.3, -0.25) is 0 Å². The van der Waals surface area contributed by atoms with E-state index in [1.165, 1.54) is 17.8 Å². The molecule has 0 radical (unpaired) electrons. The second-order valence-corrected chi connectivity index (χ2v) is 5.54. The van der Waals surface area contributed by atoms with Gasteiger partial charge in [0.05, 0.1) is 4.47 Å². The molecule has 4 nitrogen and oxygen atoms in total. The highest BCUT2D eigenvalue weighted by atomic mass is 79.9. The molecule has 2 aromatic rings. The summed E-state index contributed by atoms with van der Waals surface area (Å²) < 4.78 is 13.9. The number of nitrogens with one attached hydrogen (secondary N) is 2. The Balaban J connectivity index is 2.27. The molecular formula is C13H14BrFN4S. The fraction of sp³-hybridized carbons (Fsp3) is 0.231. The van der Waals surface area contributed by atoms with Crippen LogP contribution in [0.3, 0.4) is 0 Å². The Morgan fingerprint density at radius 1 is 1.25 bits per heavy atom. The number of benzene rings is 1. The van der Waals surface area contributed by atoms with Crippen LogP contribution in [0.25, 0.3) is 0 Å². The molecular weight excluding hydrogens is 343 g/mol. The van der Waals surface area contributed by atoms with E-state index >= 15 is 0 Å². The molecule has 20 heavy (non-hydrogen) atoms. The first-order valence-electron chi connectivity index (χ1n) is 6.01. The van der Waals surface area contributed by atoms with Crippen molar-refractivity contribution in [1.29, 1.82) is 0 Å². The number of hydrogen-bond donors (Lipinski definition) is 2. The molecule has 0 unspecified atom stereocenters. The highest BCUT2D eigenvalue weighted by molar-refractivity contribution is 9.10. The van der Waals surface area contributed by atoms with Crippen LogP contribution in [-0.4, -0.2) is 22.8 Å². The lowest BCUT2D eigenvalue weighted by molar-refractivity contribution is 0.622. The van der Waals surface area contributed by atoms with E-state index < -0.39 is 0 Å². The van der Waals surface area contributed by atoms with Crippen LogP contribution in [0, 0.1) is 5.82 Å². The van der Waals surface area contributed by atoms with Gasteiger partial charge in [0, 0.05) is 18.3 Å². The first kappa shape index (κ1) is 15.1. The predicted molar refractivity (Wildman–Crippen MR) is 85.4 cm³/mol. The van der Waals surface area contributed by atoms with E-state index in [1.54, 1.807) is 18.2 Å². The third kappa shape index (κ3) is 3.83. The molecule has 106 valence electrons. The van der Waals surface area contributed by atoms with Crippen molar-refractivity contribution in [2.45, 2.75) is 12.1 Å². The van der Waals surface area contributed by atoms with Crippen molar-refractivity contribution in [3.63, 3.8) is 0 Å². The van der Waals surface area contributed by atoms with Gasteiger partial charge in [-0.25, -0.2) is 14.4 Å². The summed E-state index contributed by atoms with van der Waals surface area (Å²) in [6, 6.07) is 6.64. The second-order valence-electron chi connectivity index (χ2n) is 3.91. The maximum absolute atomic E-state index is 13.5. The maximum Gasteiger partial charge on any atom is 0.191 e. The van der Waals surface area contributed by atoms with Crippen molar-refractivity contribution in [3.05, 3.63) is 34.6 Å². The van der Waals surface area contributed by atoms with Gasteiger partial charge >= 0.3 is 0 Å². The molecule has 0 bridgehead atoms. The molecule has 2 rings (SSSR count). The van der Waals surface area contributed by atoms with Crippen molar-refractivity contribution < 1.29 is 4.39 Å². The van der Waals surface area contributed by atoms with E-state index in [-0.39, 0.29) is 5.82 Å². The zero-order valence-corrected chi connectivity index (χ0v) is 13.5. The topological polar surface area (TPSA) is 49.8 Å². The van der Waals surface area contributed by atoms with E-state index in [4.69, 9.17) is 0 Å². The summed E-state index contributed by atoms with van der Waals surface area (Å²) in [5, 5.41) is 6.88. The number of hydrogen-bond acceptors (Lipinski definition) is 5. The number of anilines is 3. The molecule has 0 saturated carbocycles. The van der Waals surface area contributed by atoms with Gasteiger partial charge in [-0.15, -0.1) is 0 Å². The van der Waals surface area contributed by atoms with Crippen molar-refractivity contribution in [3.8, 4) is 0 Å². The molecule has 1 aromatic heterocycles. The standard InChI is InChI=1S/C13H14BrFN4S/c1-3-16-11-7-12(19-13(18-11)20-2)17-8-4-5-9(14)10(15)6-8/h4-7H,3H2,1-2H3,(H2,16,17,18,19). The van der Waals surface area contributed by atoms with Crippen LogP contribution in [0.2, 0.25) is 0 Å². The molecule has 0 aliphatic heterocycles. The van der Waals surface area contributed by atoms with Crippen molar-refractivity contribution in [2.24, 2.45) is 0 Å². The third-order valence-electron chi connectivity index (χ3n) is 2.44. The third-order valence-corrected chi connectivity index (χ3v) is 3.63. The van der Waals surface area contributed by atoms with Gasteiger partial charge < -0.3 is 10.6 Å². The fourth-order valence-electron chi connectivity index (χ4n) is 1.57. The van der Waals surface area contributed by atoms with Crippen molar-refractivity contribution in [1.82, 2.24) is 9.97 Å². The first-order valence-corrected chi connectivity index (χ1v) is 8.03. The summed E-state index contributed by atoms with van der Waals surface area (Å²) in [6.45, 7) is 2.77. The molecule has 1 heterocycles. The molecule has 0 aliphatic carbocycles. The highest BCUT2D eigenvalue weighted by Crippen LogP contribution is 2.24. The van der Waals surface area contributed by atoms with Crippen molar-refractivity contribution >= 4 is 45.0 Å². The summed E-state index contributed by atoms with van der Waals surface area (Å²) in [4.78, 5) is 8.68. The van der Waals surface area contributed by atoms with E-state index in [0.29, 0.717) is 21.1 Å². The quantitative estimate of drug-likeness (QED) is 0.618. The second kappa shape index (κ2) is 6.90. The summed E-state index contributed by atoms with van der Waals surface area (Å²) >= 11 is 4.58. The zero-order chi connectivity index (χ0) is 14.5. The van der Waals surface area contributed by atoms with Crippen LogP contribution < -0.4 is 10.6 Å². The Hall–Kier alpha value is -1.34. The summed E-state index contributed by atoms with van der Waals surface area (Å²) in [5.41, 5.74) is 0.638. The molecule has 7 heteroatoms. The van der Waals surface area contributed by atoms with Gasteiger partial charge in [0.2, 0.25) is 0 Å². The molecule has 1 aromatic carbocycles. The summed E-state index contributed by atoms with van der Waals surface area (Å²) in [5.74, 6) is 1.05. The van der Waals surface area contributed by atoms with Gasteiger partial charge in [0.15, 0.2) is 5.16 Å². The Morgan fingerprint density at radius 3 is 2.65 bits per heavy atom. The van der Waals surface area contributed by atoms with Gasteiger partial charge in [-0.1, -0.05) is 11.8 Å². The molecule has 0 fully saturated rings. The largest absolute Gasteiger partial charge is 0.370 e. The normalized spacial score (nSPS) is 10.4. The zero-order valence-electron chi connectivity index (χ0n) is 11.1. The Labute approximate surface area is 129 Å². The minimum Gasteiger partial charge on any atom is -0.370 e. The van der Waals surface area contributed by atoms with Crippen LogP contribution in [0.1, 0.15) is 6.92 Å². The number of thioether (sulfide) groups is 1. The smallest absolute Gasteiger partial charge is 0.191 e. The average molecular weight is 357 g/mol.